The second-order valence-corrected chi connectivity index (χ2v) is 11.2. The third-order valence-corrected chi connectivity index (χ3v) is 6.73. The van der Waals surface area contributed by atoms with E-state index in [2.05, 4.69) is 10.1 Å². The Morgan fingerprint density at radius 1 is 1.12 bits per heavy atom. The molecule has 0 fully saturated rings. The summed E-state index contributed by atoms with van der Waals surface area (Å²) in [5, 5.41) is 2.79. The normalized spacial score (nSPS) is 14.1. The van der Waals surface area contributed by atoms with Gasteiger partial charge in [0.1, 0.15) is 22.7 Å². The van der Waals surface area contributed by atoms with Gasteiger partial charge in [-0.1, -0.05) is 51.1 Å². The van der Waals surface area contributed by atoms with E-state index in [9.17, 15) is 22.0 Å². The van der Waals surface area contributed by atoms with Crippen LogP contribution in [0.4, 0.5) is 8.78 Å². The summed E-state index contributed by atoms with van der Waals surface area (Å²) < 4.78 is 55.0. The smallest absolute Gasteiger partial charge is 0.236 e. The molecule has 0 saturated carbocycles. The van der Waals surface area contributed by atoms with E-state index in [4.69, 9.17) is 5.73 Å². The number of halogens is 2. The third-order valence-electron chi connectivity index (χ3n) is 5.30. The molecular formula is C23H26F2N4O3S. The SMILES string of the molecule is CC(C)(C)[C@H](c1nc(-c2cc(F)ccc2F)nn1Cc1ccccc1)C(C(N)=O)S(C)(=O)=O. The van der Waals surface area contributed by atoms with E-state index in [1.807, 2.05) is 30.3 Å². The van der Waals surface area contributed by atoms with Gasteiger partial charge in [-0.15, -0.1) is 0 Å². The minimum Gasteiger partial charge on any atom is -0.369 e. The number of nitrogens with two attached hydrogens (primary N) is 1. The van der Waals surface area contributed by atoms with Crippen molar-refractivity contribution < 1.29 is 22.0 Å². The largest absolute Gasteiger partial charge is 0.369 e. The van der Waals surface area contributed by atoms with Crippen molar-refractivity contribution >= 4 is 15.7 Å². The molecular weight excluding hydrogens is 450 g/mol. The molecule has 1 amide bonds. The summed E-state index contributed by atoms with van der Waals surface area (Å²) in [6, 6.07) is 12.1. The first-order valence-corrected chi connectivity index (χ1v) is 12.2. The van der Waals surface area contributed by atoms with Crippen molar-refractivity contribution in [2.45, 2.75) is 38.5 Å². The number of benzene rings is 2. The van der Waals surface area contributed by atoms with Crippen LogP contribution in [0.15, 0.2) is 48.5 Å². The lowest BCUT2D eigenvalue weighted by molar-refractivity contribution is -0.118. The lowest BCUT2D eigenvalue weighted by atomic mass is 9.77. The fraction of sp³-hybridized carbons (Fsp3) is 0.348. The average molecular weight is 477 g/mol. The Bertz CT molecular complexity index is 1270. The van der Waals surface area contributed by atoms with E-state index in [1.165, 1.54) is 4.68 Å². The van der Waals surface area contributed by atoms with Gasteiger partial charge >= 0.3 is 0 Å². The summed E-state index contributed by atoms with van der Waals surface area (Å²) in [7, 11) is -3.94. The van der Waals surface area contributed by atoms with Gasteiger partial charge in [0.2, 0.25) is 5.91 Å². The van der Waals surface area contributed by atoms with Gasteiger partial charge in [0.15, 0.2) is 15.7 Å². The van der Waals surface area contributed by atoms with Gasteiger partial charge in [-0.05, 0) is 29.2 Å². The summed E-state index contributed by atoms with van der Waals surface area (Å²) in [5.41, 5.74) is 5.38. The predicted octanol–water partition coefficient (Wildman–Crippen LogP) is 3.30. The van der Waals surface area contributed by atoms with Gasteiger partial charge in [0.25, 0.3) is 0 Å². The highest BCUT2D eigenvalue weighted by atomic mass is 32.2. The first-order chi connectivity index (χ1) is 15.3. The zero-order chi connectivity index (χ0) is 24.6. The maximum Gasteiger partial charge on any atom is 0.236 e. The van der Waals surface area contributed by atoms with Crippen molar-refractivity contribution in [3.63, 3.8) is 0 Å². The van der Waals surface area contributed by atoms with E-state index in [1.54, 1.807) is 20.8 Å². The van der Waals surface area contributed by atoms with Crippen molar-refractivity contribution in [1.82, 2.24) is 14.8 Å². The number of primary amides is 1. The van der Waals surface area contributed by atoms with Crippen LogP contribution in [0.25, 0.3) is 11.4 Å². The highest BCUT2D eigenvalue weighted by Gasteiger charge is 2.45. The minimum absolute atomic E-state index is 0.121. The second-order valence-electron chi connectivity index (χ2n) is 9.06. The minimum atomic E-state index is -3.94. The van der Waals surface area contributed by atoms with Gasteiger partial charge in [-0.2, -0.15) is 5.10 Å². The number of hydrogen-bond acceptors (Lipinski definition) is 5. The molecule has 1 heterocycles. The maximum absolute atomic E-state index is 14.5. The Morgan fingerprint density at radius 2 is 1.76 bits per heavy atom. The van der Waals surface area contributed by atoms with Crippen LogP contribution in [0, 0.1) is 17.0 Å². The molecule has 176 valence electrons. The number of rotatable bonds is 7. The van der Waals surface area contributed by atoms with E-state index >= 15 is 0 Å². The lowest BCUT2D eigenvalue weighted by Gasteiger charge is -2.34. The number of carbonyl (C=O) groups excluding carboxylic acids is 1. The molecule has 1 aromatic heterocycles. The van der Waals surface area contributed by atoms with E-state index in [-0.39, 0.29) is 23.8 Å². The van der Waals surface area contributed by atoms with Crippen LogP contribution < -0.4 is 5.73 Å². The van der Waals surface area contributed by atoms with Gasteiger partial charge in [0.05, 0.1) is 12.1 Å². The molecule has 0 saturated heterocycles. The third kappa shape index (κ3) is 5.44. The Hall–Kier alpha value is -3.14. The zero-order valence-corrected chi connectivity index (χ0v) is 19.6. The second kappa shape index (κ2) is 9.01. The van der Waals surface area contributed by atoms with Crippen LogP contribution in [0.5, 0.6) is 0 Å². The van der Waals surface area contributed by atoms with Crippen LogP contribution in [0.3, 0.4) is 0 Å². The van der Waals surface area contributed by atoms with E-state index in [0.717, 1.165) is 30.0 Å². The van der Waals surface area contributed by atoms with Crippen molar-refractivity contribution in [2.75, 3.05) is 6.26 Å². The quantitative estimate of drug-likeness (QED) is 0.563. The molecule has 0 aliphatic rings. The molecule has 0 aliphatic heterocycles. The monoisotopic (exact) mass is 476 g/mol. The van der Waals surface area contributed by atoms with Gasteiger partial charge in [-0.3, -0.25) is 4.79 Å². The Labute approximate surface area is 191 Å². The summed E-state index contributed by atoms with van der Waals surface area (Å²) in [6.45, 7) is 5.43. The van der Waals surface area contributed by atoms with E-state index < -0.39 is 44.0 Å². The predicted molar refractivity (Wildman–Crippen MR) is 121 cm³/mol. The molecule has 1 unspecified atom stereocenters. The summed E-state index contributed by atoms with van der Waals surface area (Å²) >= 11 is 0. The number of sulfone groups is 1. The number of aromatic nitrogens is 3. The van der Waals surface area contributed by atoms with Crippen LogP contribution in [-0.4, -0.2) is 40.6 Å². The van der Waals surface area contributed by atoms with Crippen molar-refractivity contribution in [3.8, 4) is 11.4 Å². The zero-order valence-electron chi connectivity index (χ0n) is 18.8. The molecule has 10 heteroatoms. The van der Waals surface area contributed by atoms with Crippen LogP contribution in [-0.2, 0) is 21.2 Å². The molecule has 0 aliphatic carbocycles. The molecule has 0 spiro atoms. The van der Waals surface area contributed by atoms with Crippen LogP contribution >= 0.6 is 0 Å². The van der Waals surface area contributed by atoms with Crippen LogP contribution in [0.2, 0.25) is 0 Å². The molecule has 2 N–H and O–H groups in total. The number of carbonyl (C=O) groups is 1. The van der Waals surface area contributed by atoms with Gasteiger partial charge < -0.3 is 5.73 Å². The lowest BCUT2D eigenvalue weighted by Crippen LogP contribution is -2.45. The summed E-state index contributed by atoms with van der Waals surface area (Å²) in [5.74, 6) is -3.42. The molecule has 7 nitrogen and oxygen atoms in total. The van der Waals surface area contributed by atoms with Crippen molar-refractivity contribution in [2.24, 2.45) is 11.1 Å². The summed E-state index contributed by atoms with van der Waals surface area (Å²) in [6.07, 6.45) is 0.937. The van der Waals surface area contributed by atoms with E-state index in [0.29, 0.717) is 0 Å². The molecule has 3 aromatic rings. The molecule has 2 aromatic carbocycles. The molecule has 0 radical (unpaired) electrons. The Morgan fingerprint density at radius 3 is 2.30 bits per heavy atom. The average Bonchev–Trinajstić information content (AvgIpc) is 3.09. The van der Waals surface area contributed by atoms with Crippen LogP contribution in [0.1, 0.15) is 38.1 Å². The Kier molecular flexibility index (Phi) is 6.69. The first-order valence-electron chi connectivity index (χ1n) is 10.2. The first kappa shape index (κ1) is 24.5. The summed E-state index contributed by atoms with van der Waals surface area (Å²) in [4.78, 5) is 16.8. The van der Waals surface area contributed by atoms with Crippen molar-refractivity contribution in [1.29, 1.82) is 0 Å². The number of nitrogens with zero attached hydrogens (tertiary/aromatic N) is 3. The molecule has 33 heavy (non-hydrogen) atoms. The standard InChI is InChI=1S/C23H26F2N4O3S/c1-23(2,3)18(19(20(26)30)33(4,31)32)22-27-21(16-12-15(24)10-11-17(16)25)28-29(22)13-14-8-6-5-7-9-14/h5-12,18-19H,13H2,1-4H3,(H2,26,30)/t18-,19?/m0/s1. The Balaban J connectivity index is 2.29. The molecule has 3 rings (SSSR count). The fourth-order valence-corrected chi connectivity index (χ4v) is 5.29. The van der Waals surface area contributed by atoms with Gasteiger partial charge in [0, 0.05) is 12.2 Å². The maximum atomic E-state index is 14.5. The fourth-order valence-electron chi connectivity index (χ4n) is 3.84. The van der Waals surface area contributed by atoms with Gasteiger partial charge in [-0.25, -0.2) is 26.9 Å². The highest BCUT2D eigenvalue weighted by Crippen LogP contribution is 2.40. The van der Waals surface area contributed by atoms with Crippen molar-refractivity contribution in [3.05, 3.63) is 71.6 Å². The topological polar surface area (TPSA) is 108 Å². The molecule has 2 atom stereocenters. The molecule has 0 bridgehead atoms. The number of hydrogen-bond donors (Lipinski definition) is 1. The number of amides is 1. The highest BCUT2D eigenvalue weighted by molar-refractivity contribution is 7.92.